The Labute approximate surface area is 183 Å². The fourth-order valence-electron chi connectivity index (χ4n) is 3.47. The fourth-order valence-corrected chi connectivity index (χ4v) is 3.47. The highest BCUT2D eigenvalue weighted by molar-refractivity contribution is 6.03. The summed E-state index contributed by atoms with van der Waals surface area (Å²) in [5, 5.41) is 12.9. The Balaban J connectivity index is 1.45. The van der Waals surface area contributed by atoms with E-state index < -0.39 is 6.10 Å². The van der Waals surface area contributed by atoms with Crippen LogP contribution in [-0.4, -0.2) is 77.8 Å². The van der Waals surface area contributed by atoms with Crippen LogP contribution in [0.15, 0.2) is 28.9 Å². The van der Waals surface area contributed by atoms with Crippen LogP contribution in [0, 0.1) is 26.2 Å². The Hall–Kier alpha value is -2.70. The maximum Gasteiger partial charge on any atom is 0.277 e. The van der Waals surface area contributed by atoms with Crippen molar-refractivity contribution in [1.29, 1.82) is 0 Å². The molecular formula is C23H30N4O4. The zero-order valence-corrected chi connectivity index (χ0v) is 18.1. The van der Waals surface area contributed by atoms with Crippen LogP contribution in [-0.2, 0) is 11.3 Å². The van der Waals surface area contributed by atoms with E-state index in [0.29, 0.717) is 19.0 Å². The number of nitrogens with zero attached hydrogens (tertiary/aromatic N) is 3. The third kappa shape index (κ3) is 6.91. The molecule has 1 unspecified atom stereocenters. The Bertz CT molecular complexity index is 913. The van der Waals surface area contributed by atoms with Gasteiger partial charge in [0.25, 0.3) is 5.91 Å². The molecule has 1 atom stereocenters. The summed E-state index contributed by atoms with van der Waals surface area (Å²) in [5.74, 6) is 2.62. The molecule has 8 heteroatoms. The van der Waals surface area contributed by atoms with Gasteiger partial charge in [-0.05, 0) is 31.0 Å². The van der Waals surface area contributed by atoms with Gasteiger partial charge in [-0.15, -0.1) is 6.42 Å². The molecule has 2 N–H and O–H groups in total. The Morgan fingerprint density at radius 3 is 2.81 bits per heavy atom. The Kier molecular flexibility index (Phi) is 8.20. The van der Waals surface area contributed by atoms with E-state index in [0.717, 1.165) is 43.0 Å². The second kappa shape index (κ2) is 11.1. The number of anilines is 1. The number of aliphatic hydroxyl groups excluding tert-OH is 1. The third-order valence-corrected chi connectivity index (χ3v) is 5.21. The summed E-state index contributed by atoms with van der Waals surface area (Å²) in [7, 11) is 0. The highest BCUT2D eigenvalue weighted by atomic mass is 16.5. The topological polar surface area (TPSA) is 91.1 Å². The number of carbonyl (C=O) groups excluding carboxylic acids is 1. The first-order chi connectivity index (χ1) is 14.9. The SMILES string of the molecule is C#CCOCC(O)CN1CCN(Cc2nc(C(=O)Nc3cc(C)ccc3C)co2)CC1. The van der Waals surface area contributed by atoms with E-state index >= 15 is 0 Å². The van der Waals surface area contributed by atoms with Crippen molar-refractivity contribution in [3.05, 3.63) is 47.2 Å². The van der Waals surface area contributed by atoms with Crippen molar-refractivity contribution in [2.75, 3.05) is 51.3 Å². The van der Waals surface area contributed by atoms with E-state index in [2.05, 4.69) is 26.0 Å². The van der Waals surface area contributed by atoms with Gasteiger partial charge in [0.1, 0.15) is 12.9 Å². The number of hydrogen-bond acceptors (Lipinski definition) is 7. The molecule has 2 aromatic rings. The number of amides is 1. The summed E-state index contributed by atoms with van der Waals surface area (Å²) in [6.07, 6.45) is 5.98. The molecule has 0 saturated carbocycles. The van der Waals surface area contributed by atoms with Crippen molar-refractivity contribution >= 4 is 11.6 Å². The number of nitrogens with one attached hydrogen (secondary N) is 1. The van der Waals surface area contributed by atoms with Crippen LogP contribution in [0.25, 0.3) is 0 Å². The summed E-state index contributed by atoms with van der Waals surface area (Å²) in [4.78, 5) is 21.3. The molecule has 0 radical (unpaired) electrons. The second-order valence-electron chi connectivity index (χ2n) is 7.85. The fraction of sp³-hybridized carbons (Fsp3) is 0.478. The lowest BCUT2D eigenvalue weighted by atomic mass is 10.1. The highest BCUT2D eigenvalue weighted by Crippen LogP contribution is 2.18. The number of benzene rings is 1. The van der Waals surface area contributed by atoms with Crippen LogP contribution in [0.1, 0.15) is 27.5 Å². The smallest absolute Gasteiger partial charge is 0.277 e. The quantitative estimate of drug-likeness (QED) is 0.466. The second-order valence-corrected chi connectivity index (χ2v) is 7.85. The predicted octanol–water partition coefficient (Wildman–Crippen LogP) is 1.67. The number of carbonyl (C=O) groups is 1. The molecule has 1 aliphatic rings. The minimum Gasteiger partial charge on any atom is -0.447 e. The van der Waals surface area contributed by atoms with E-state index in [1.165, 1.54) is 6.26 Å². The molecule has 1 aromatic carbocycles. The molecule has 1 aromatic heterocycles. The summed E-state index contributed by atoms with van der Waals surface area (Å²) in [5.41, 5.74) is 3.11. The normalized spacial score (nSPS) is 16.1. The zero-order valence-electron chi connectivity index (χ0n) is 18.1. The van der Waals surface area contributed by atoms with Gasteiger partial charge in [-0.2, -0.15) is 0 Å². The first-order valence-electron chi connectivity index (χ1n) is 10.4. The average Bonchev–Trinajstić information content (AvgIpc) is 3.21. The molecule has 3 rings (SSSR count). The number of terminal acetylenes is 1. The number of piperazine rings is 1. The molecule has 0 spiro atoms. The number of rotatable bonds is 9. The number of aromatic nitrogens is 1. The standard InChI is InChI=1S/C23H30N4O4/c1-4-11-30-15-19(28)13-26-7-9-27(10-8-26)14-22-24-21(16-31-22)23(29)25-20-12-17(2)5-6-18(20)3/h1,5-6,12,16,19,28H,7-11,13-15H2,2-3H3,(H,25,29). The lowest BCUT2D eigenvalue weighted by Crippen LogP contribution is -2.48. The van der Waals surface area contributed by atoms with Crippen molar-refractivity contribution in [1.82, 2.24) is 14.8 Å². The molecule has 1 fully saturated rings. The first kappa shape index (κ1) is 23.0. The molecule has 1 amide bonds. The van der Waals surface area contributed by atoms with Gasteiger partial charge in [-0.1, -0.05) is 18.1 Å². The van der Waals surface area contributed by atoms with Crippen molar-refractivity contribution < 1.29 is 19.1 Å². The average molecular weight is 427 g/mol. The number of ether oxygens (including phenoxy) is 1. The summed E-state index contributed by atoms with van der Waals surface area (Å²) < 4.78 is 10.7. The third-order valence-electron chi connectivity index (χ3n) is 5.21. The van der Waals surface area contributed by atoms with Crippen LogP contribution in [0.3, 0.4) is 0 Å². The van der Waals surface area contributed by atoms with Crippen molar-refractivity contribution in [3.8, 4) is 12.3 Å². The minimum absolute atomic E-state index is 0.214. The number of oxazole rings is 1. The van der Waals surface area contributed by atoms with E-state index in [9.17, 15) is 9.90 Å². The van der Waals surface area contributed by atoms with Crippen LogP contribution in [0.4, 0.5) is 5.69 Å². The van der Waals surface area contributed by atoms with Gasteiger partial charge in [0.15, 0.2) is 5.69 Å². The molecule has 0 aliphatic carbocycles. The zero-order chi connectivity index (χ0) is 22.2. The van der Waals surface area contributed by atoms with Crippen molar-refractivity contribution in [3.63, 3.8) is 0 Å². The molecule has 8 nitrogen and oxygen atoms in total. The minimum atomic E-state index is -0.551. The van der Waals surface area contributed by atoms with Crippen molar-refractivity contribution in [2.45, 2.75) is 26.5 Å². The summed E-state index contributed by atoms with van der Waals surface area (Å²) >= 11 is 0. The molecule has 2 heterocycles. The first-order valence-corrected chi connectivity index (χ1v) is 10.4. The Morgan fingerprint density at radius 1 is 1.32 bits per heavy atom. The molecular weight excluding hydrogens is 396 g/mol. The van der Waals surface area contributed by atoms with E-state index in [1.807, 2.05) is 32.0 Å². The molecule has 166 valence electrons. The summed E-state index contributed by atoms with van der Waals surface area (Å²) in [6, 6.07) is 5.92. The van der Waals surface area contributed by atoms with Crippen LogP contribution >= 0.6 is 0 Å². The highest BCUT2D eigenvalue weighted by Gasteiger charge is 2.21. The lowest BCUT2D eigenvalue weighted by molar-refractivity contribution is 0.0146. The molecule has 1 aliphatic heterocycles. The van der Waals surface area contributed by atoms with Gasteiger partial charge in [0.05, 0.1) is 19.3 Å². The monoisotopic (exact) mass is 426 g/mol. The number of aliphatic hydroxyl groups is 1. The van der Waals surface area contributed by atoms with Gasteiger partial charge in [0, 0.05) is 38.4 Å². The largest absolute Gasteiger partial charge is 0.447 e. The number of β-amino-alcohol motifs (C(OH)–C–C–N with tert-alkyl or cyclic N) is 1. The maximum atomic E-state index is 12.5. The molecule has 1 saturated heterocycles. The van der Waals surface area contributed by atoms with Crippen LogP contribution in [0.2, 0.25) is 0 Å². The number of hydrogen-bond donors (Lipinski definition) is 2. The van der Waals surface area contributed by atoms with Gasteiger partial charge >= 0.3 is 0 Å². The van der Waals surface area contributed by atoms with E-state index in [1.54, 1.807) is 0 Å². The molecule has 0 bridgehead atoms. The van der Waals surface area contributed by atoms with Gasteiger partial charge < -0.3 is 19.6 Å². The van der Waals surface area contributed by atoms with Gasteiger partial charge in [-0.3, -0.25) is 14.6 Å². The van der Waals surface area contributed by atoms with Crippen molar-refractivity contribution in [2.24, 2.45) is 0 Å². The lowest BCUT2D eigenvalue weighted by Gasteiger charge is -2.34. The van der Waals surface area contributed by atoms with Crippen LogP contribution < -0.4 is 5.32 Å². The Morgan fingerprint density at radius 2 is 2.06 bits per heavy atom. The maximum absolute atomic E-state index is 12.5. The van der Waals surface area contributed by atoms with E-state index in [4.69, 9.17) is 15.6 Å². The molecule has 31 heavy (non-hydrogen) atoms. The predicted molar refractivity (Wildman–Crippen MR) is 118 cm³/mol. The van der Waals surface area contributed by atoms with Gasteiger partial charge in [0.2, 0.25) is 5.89 Å². The van der Waals surface area contributed by atoms with Gasteiger partial charge in [-0.25, -0.2) is 4.98 Å². The van der Waals surface area contributed by atoms with Crippen LogP contribution in [0.5, 0.6) is 0 Å². The summed E-state index contributed by atoms with van der Waals surface area (Å²) in [6.45, 7) is 8.79. The number of aryl methyl sites for hydroxylation is 2. The van der Waals surface area contributed by atoms with E-state index in [-0.39, 0.29) is 24.8 Å².